The fraction of sp³-hybridized carbons (Fsp3) is 0.235. The van der Waals surface area contributed by atoms with E-state index in [4.69, 9.17) is 4.74 Å². The smallest absolute Gasteiger partial charge is 0.276 e. The van der Waals surface area contributed by atoms with Crippen LogP contribution in [0, 0.1) is 11.7 Å². The summed E-state index contributed by atoms with van der Waals surface area (Å²) in [5, 5.41) is 3.76. The van der Waals surface area contributed by atoms with Crippen LogP contribution in [0.2, 0.25) is 0 Å². The lowest BCUT2D eigenvalue weighted by molar-refractivity contribution is 0.270. The van der Waals surface area contributed by atoms with Crippen LogP contribution in [0.15, 0.2) is 58.5 Å². The zero-order chi connectivity index (χ0) is 17.6. The minimum atomic E-state index is -3.84. The Labute approximate surface area is 141 Å². The van der Waals surface area contributed by atoms with E-state index in [1.54, 1.807) is 18.2 Å². The molecule has 0 saturated heterocycles. The zero-order valence-corrected chi connectivity index (χ0v) is 14.3. The Hall–Kier alpha value is -2.41. The van der Waals surface area contributed by atoms with Crippen LogP contribution in [0.4, 0.5) is 4.39 Å². The fourth-order valence-corrected chi connectivity index (χ4v) is 2.60. The Balaban J connectivity index is 2.10. The summed E-state index contributed by atoms with van der Waals surface area (Å²) in [5.74, 6) is 0.483. The molecule has 0 heterocycles. The highest BCUT2D eigenvalue weighted by molar-refractivity contribution is 7.89. The predicted molar refractivity (Wildman–Crippen MR) is 91.1 cm³/mol. The monoisotopic (exact) mass is 350 g/mol. The van der Waals surface area contributed by atoms with Crippen molar-refractivity contribution in [3.63, 3.8) is 0 Å². The van der Waals surface area contributed by atoms with Crippen molar-refractivity contribution in [1.29, 1.82) is 0 Å². The quantitative estimate of drug-likeness (QED) is 0.616. The average molecular weight is 350 g/mol. The number of para-hydroxylation sites is 1. The summed E-state index contributed by atoms with van der Waals surface area (Å²) in [6.45, 7) is 4.62. The lowest BCUT2D eigenvalue weighted by Crippen LogP contribution is -2.18. The number of hydrazone groups is 1. The minimum absolute atomic E-state index is 0.0645. The Kier molecular flexibility index (Phi) is 5.92. The molecular weight excluding hydrogens is 331 g/mol. The van der Waals surface area contributed by atoms with E-state index < -0.39 is 15.8 Å². The minimum Gasteiger partial charge on any atom is -0.493 e. The van der Waals surface area contributed by atoms with Crippen LogP contribution in [0.3, 0.4) is 0 Å². The second kappa shape index (κ2) is 7.92. The Morgan fingerprint density at radius 1 is 1.17 bits per heavy atom. The zero-order valence-electron chi connectivity index (χ0n) is 13.4. The third-order valence-corrected chi connectivity index (χ3v) is 4.23. The van der Waals surface area contributed by atoms with E-state index in [0.29, 0.717) is 23.8 Å². The molecule has 0 spiro atoms. The van der Waals surface area contributed by atoms with Gasteiger partial charge >= 0.3 is 0 Å². The molecule has 0 aliphatic carbocycles. The molecular formula is C17H19FN2O3S. The highest BCUT2D eigenvalue weighted by atomic mass is 32.2. The molecule has 24 heavy (non-hydrogen) atoms. The van der Waals surface area contributed by atoms with Gasteiger partial charge in [0.15, 0.2) is 0 Å². The number of halogens is 1. The summed E-state index contributed by atoms with van der Waals surface area (Å²) in [4.78, 5) is 2.03. The van der Waals surface area contributed by atoms with E-state index in [2.05, 4.69) is 9.93 Å². The molecule has 0 amide bonds. The normalized spacial score (nSPS) is 11.8. The number of hydrogen-bond donors (Lipinski definition) is 1. The number of nitrogens with one attached hydrogen (secondary N) is 1. The van der Waals surface area contributed by atoms with Gasteiger partial charge in [0.25, 0.3) is 10.0 Å². The first kappa shape index (κ1) is 17.9. The first-order chi connectivity index (χ1) is 11.4. The molecule has 1 N–H and O–H groups in total. The maximum Gasteiger partial charge on any atom is 0.276 e. The highest BCUT2D eigenvalue weighted by Gasteiger charge is 2.12. The molecule has 0 bridgehead atoms. The van der Waals surface area contributed by atoms with Crippen molar-refractivity contribution < 1.29 is 17.5 Å². The van der Waals surface area contributed by atoms with Gasteiger partial charge in [-0.15, -0.1) is 0 Å². The van der Waals surface area contributed by atoms with Crippen molar-refractivity contribution in [2.75, 3.05) is 6.61 Å². The van der Waals surface area contributed by atoms with Crippen molar-refractivity contribution in [1.82, 2.24) is 4.83 Å². The maximum absolute atomic E-state index is 12.9. The summed E-state index contributed by atoms with van der Waals surface area (Å²) < 4.78 is 42.6. The van der Waals surface area contributed by atoms with Gasteiger partial charge in [-0.2, -0.15) is 13.5 Å². The lowest BCUT2D eigenvalue weighted by atomic mass is 10.2. The van der Waals surface area contributed by atoms with Gasteiger partial charge in [0.2, 0.25) is 0 Å². The Morgan fingerprint density at radius 3 is 2.50 bits per heavy atom. The third kappa shape index (κ3) is 5.06. The summed E-state index contributed by atoms with van der Waals surface area (Å²) in [6.07, 6.45) is 1.37. The molecule has 0 aromatic heterocycles. The molecule has 0 radical (unpaired) electrons. The number of rotatable bonds is 7. The van der Waals surface area contributed by atoms with Crippen molar-refractivity contribution in [2.24, 2.45) is 11.0 Å². The number of sulfonamides is 1. The summed E-state index contributed by atoms with van der Waals surface area (Å²) in [7, 11) is -3.84. The molecule has 2 aromatic rings. The van der Waals surface area contributed by atoms with E-state index in [-0.39, 0.29) is 4.90 Å². The number of hydrogen-bond acceptors (Lipinski definition) is 4. The van der Waals surface area contributed by atoms with Gasteiger partial charge in [-0.1, -0.05) is 26.0 Å². The molecule has 0 aliphatic rings. The fourth-order valence-electron chi connectivity index (χ4n) is 1.81. The van der Waals surface area contributed by atoms with Crippen LogP contribution in [0.25, 0.3) is 0 Å². The standard InChI is InChI=1S/C17H19FN2O3S/c1-13(2)12-23-17-6-4-3-5-14(17)11-19-20-24(21,22)16-9-7-15(18)8-10-16/h3-11,13,20H,12H2,1-2H3/b19-11+. The Morgan fingerprint density at radius 2 is 1.83 bits per heavy atom. The van der Waals surface area contributed by atoms with Gasteiger partial charge in [-0.3, -0.25) is 0 Å². The van der Waals surface area contributed by atoms with Gasteiger partial charge in [-0.05, 0) is 42.3 Å². The third-order valence-electron chi connectivity index (χ3n) is 2.99. The van der Waals surface area contributed by atoms with Crippen molar-refractivity contribution >= 4 is 16.2 Å². The van der Waals surface area contributed by atoms with Gasteiger partial charge in [0.1, 0.15) is 11.6 Å². The molecule has 2 aromatic carbocycles. The molecule has 7 heteroatoms. The van der Waals surface area contributed by atoms with Crippen LogP contribution in [0.5, 0.6) is 5.75 Å². The molecule has 0 unspecified atom stereocenters. The van der Waals surface area contributed by atoms with Gasteiger partial charge < -0.3 is 4.74 Å². The maximum atomic E-state index is 12.9. The van der Waals surface area contributed by atoms with Crippen LogP contribution in [-0.2, 0) is 10.0 Å². The van der Waals surface area contributed by atoms with Crippen LogP contribution >= 0.6 is 0 Å². The summed E-state index contributed by atoms with van der Waals surface area (Å²) in [6, 6.07) is 11.7. The van der Waals surface area contributed by atoms with Gasteiger partial charge in [-0.25, -0.2) is 9.22 Å². The molecule has 5 nitrogen and oxygen atoms in total. The molecule has 128 valence electrons. The summed E-state index contributed by atoms with van der Waals surface area (Å²) >= 11 is 0. The highest BCUT2D eigenvalue weighted by Crippen LogP contribution is 2.17. The summed E-state index contributed by atoms with van der Waals surface area (Å²) in [5.41, 5.74) is 0.653. The van der Waals surface area contributed by atoms with Crippen molar-refractivity contribution in [3.8, 4) is 5.75 Å². The van der Waals surface area contributed by atoms with Crippen LogP contribution in [0.1, 0.15) is 19.4 Å². The average Bonchev–Trinajstić information content (AvgIpc) is 2.54. The van der Waals surface area contributed by atoms with E-state index in [1.807, 2.05) is 19.9 Å². The predicted octanol–water partition coefficient (Wildman–Crippen LogP) is 3.17. The van der Waals surface area contributed by atoms with Gasteiger partial charge in [0, 0.05) is 5.56 Å². The first-order valence-corrected chi connectivity index (χ1v) is 8.89. The number of benzene rings is 2. The first-order valence-electron chi connectivity index (χ1n) is 7.41. The topological polar surface area (TPSA) is 67.8 Å². The SMILES string of the molecule is CC(C)COc1ccccc1/C=N/NS(=O)(=O)c1ccc(F)cc1. The van der Waals surface area contributed by atoms with Gasteiger partial charge in [0.05, 0.1) is 17.7 Å². The van der Waals surface area contributed by atoms with Crippen molar-refractivity contribution in [2.45, 2.75) is 18.7 Å². The van der Waals surface area contributed by atoms with Crippen LogP contribution < -0.4 is 9.57 Å². The second-order valence-electron chi connectivity index (χ2n) is 5.55. The van der Waals surface area contributed by atoms with E-state index >= 15 is 0 Å². The molecule has 0 saturated carbocycles. The molecule has 0 fully saturated rings. The number of ether oxygens (including phenoxy) is 1. The largest absolute Gasteiger partial charge is 0.493 e. The number of nitrogens with zero attached hydrogens (tertiary/aromatic N) is 1. The van der Waals surface area contributed by atoms with E-state index in [9.17, 15) is 12.8 Å². The molecule has 0 atom stereocenters. The lowest BCUT2D eigenvalue weighted by Gasteiger charge is -2.10. The molecule has 0 aliphatic heterocycles. The Bertz CT molecular complexity index is 803. The second-order valence-corrected chi connectivity index (χ2v) is 7.21. The van der Waals surface area contributed by atoms with E-state index in [1.165, 1.54) is 18.3 Å². The molecule has 2 rings (SSSR count). The van der Waals surface area contributed by atoms with Crippen LogP contribution in [-0.4, -0.2) is 21.2 Å². The van der Waals surface area contributed by atoms with Crippen molar-refractivity contribution in [3.05, 3.63) is 59.9 Å². The van der Waals surface area contributed by atoms with E-state index in [0.717, 1.165) is 12.1 Å².